The third-order valence-corrected chi connectivity index (χ3v) is 6.98. The predicted octanol–water partition coefficient (Wildman–Crippen LogP) is 6.38. The first-order valence-electron chi connectivity index (χ1n) is 10.7. The molecular formula is C25H27N3O2S2. The van der Waals surface area contributed by atoms with Gasteiger partial charge >= 0.3 is 0 Å². The number of para-hydroxylation sites is 2. The lowest BCUT2D eigenvalue weighted by Gasteiger charge is -2.13. The van der Waals surface area contributed by atoms with E-state index in [1.165, 1.54) is 5.56 Å². The molecular weight excluding hydrogens is 438 g/mol. The number of benzene rings is 2. The fraction of sp³-hybridized carbons (Fsp3) is 0.280. The molecule has 0 aliphatic heterocycles. The molecule has 0 aliphatic rings. The maximum absolute atomic E-state index is 6.02. The molecule has 0 radical (unpaired) electrons. The van der Waals surface area contributed by atoms with Crippen molar-refractivity contribution in [3.63, 3.8) is 0 Å². The van der Waals surface area contributed by atoms with Crippen LogP contribution in [0, 0.1) is 0 Å². The number of fused-ring (bicyclic) bond motifs is 1. The van der Waals surface area contributed by atoms with E-state index in [-0.39, 0.29) is 0 Å². The second kappa shape index (κ2) is 11.3. The summed E-state index contributed by atoms with van der Waals surface area (Å²) in [5, 5.41) is 0.896. The summed E-state index contributed by atoms with van der Waals surface area (Å²) in [5.41, 5.74) is 4.31. The van der Waals surface area contributed by atoms with Gasteiger partial charge in [0.25, 0.3) is 0 Å². The number of hydrogen-bond acceptors (Lipinski definition) is 6. The molecule has 0 saturated heterocycles. The Balaban J connectivity index is 1.37. The number of aryl methyl sites for hydroxylation is 1. The molecule has 2 heterocycles. The first-order chi connectivity index (χ1) is 15.8. The smallest absolute Gasteiger partial charge is 0.166 e. The molecule has 0 bridgehead atoms. The minimum Gasteiger partial charge on any atom is -0.497 e. The molecule has 32 heavy (non-hydrogen) atoms. The number of rotatable bonds is 11. The third kappa shape index (κ3) is 5.78. The quantitative estimate of drug-likeness (QED) is 0.205. The average molecular weight is 466 g/mol. The lowest BCUT2D eigenvalue weighted by Crippen LogP contribution is -2.01. The van der Waals surface area contributed by atoms with E-state index < -0.39 is 0 Å². The van der Waals surface area contributed by atoms with Gasteiger partial charge in [-0.25, -0.2) is 4.98 Å². The largest absolute Gasteiger partial charge is 0.497 e. The maximum Gasteiger partial charge on any atom is 0.166 e. The van der Waals surface area contributed by atoms with Crippen LogP contribution in [0.1, 0.15) is 24.6 Å². The summed E-state index contributed by atoms with van der Waals surface area (Å²) >= 11 is 3.48. The van der Waals surface area contributed by atoms with Crippen LogP contribution < -0.4 is 9.47 Å². The number of pyridine rings is 1. The van der Waals surface area contributed by atoms with Gasteiger partial charge in [0.2, 0.25) is 0 Å². The predicted molar refractivity (Wildman–Crippen MR) is 133 cm³/mol. The number of hydrogen-bond donors (Lipinski definition) is 1. The molecule has 0 saturated carbocycles. The van der Waals surface area contributed by atoms with Gasteiger partial charge in [0.1, 0.15) is 5.75 Å². The van der Waals surface area contributed by atoms with Crippen LogP contribution in [0.5, 0.6) is 11.5 Å². The highest BCUT2D eigenvalue weighted by atomic mass is 32.2. The molecule has 1 N–H and O–H groups in total. The summed E-state index contributed by atoms with van der Waals surface area (Å²) in [6.45, 7) is 2.63. The molecule has 2 aromatic heterocycles. The molecule has 2 aromatic carbocycles. The molecule has 0 fully saturated rings. The Hall–Kier alpha value is -2.64. The van der Waals surface area contributed by atoms with Crippen molar-refractivity contribution in [1.29, 1.82) is 0 Å². The van der Waals surface area contributed by atoms with E-state index >= 15 is 0 Å². The fourth-order valence-electron chi connectivity index (χ4n) is 3.37. The molecule has 7 heteroatoms. The first kappa shape index (κ1) is 22.6. The second-order valence-corrected chi connectivity index (χ2v) is 9.27. The van der Waals surface area contributed by atoms with Crippen LogP contribution in [0.4, 0.5) is 0 Å². The Morgan fingerprint density at radius 1 is 1.00 bits per heavy atom. The summed E-state index contributed by atoms with van der Waals surface area (Å²) in [6.07, 6.45) is 4.01. The molecule has 0 aliphatic carbocycles. The lowest BCUT2D eigenvalue weighted by atomic mass is 10.1. The van der Waals surface area contributed by atoms with Crippen LogP contribution in [-0.2, 0) is 12.2 Å². The third-order valence-electron chi connectivity index (χ3n) is 4.97. The van der Waals surface area contributed by atoms with Crippen LogP contribution in [0.2, 0.25) is 0 Å². The molecule has 4 rings (SSSR count). The van der Waals surface area contributed by atoms with E-state index in [0.29, 0.717) is 12.4 Å². The highest BCUT2D eigenvalue weighted by molar-refractivity contribution is 7.99. The van der Waals surface area contributed by atoms with Crippen molar-refractivity contribution in [3.05, 3.63) is 72.1 Å². The van der Waals surface area contributed by atoms with Crippen LogP contribution in [0.15, 0.2) is 70.8 Å². The van der Waals surface area contributed by atoms with Gasteiger partial charge in [-0.05, 0) is 61.4 Å². The lowest BCUT2D eigenvalue weighted by molar-refractivity contribution is 0.327. The van der Waals surface area contributed by atoms with Crippen LogP contribution in [0.3, 0.4) is 0 Å². The number of thioether (sulfide) groups is 2. The van der Waals surface area contributed by atoms with E-state index in [9.17, 15) is 0 Å². The van der Waals surface area contributed by atoms with Crippen LogP contribution >= 0.6 is 23.5 Å². The Kier molecular flexibility index (Phi) is 7.96. The first-order valence-corrected chi connectivity index (χ1v) is 12.7. The topological polar surface area (TPSA) is 60.0 Å². The van der Waals surface area contributed by atoms with Gasteiger partial charge in [0.15, 0.2) is 10.9 Å². The normalized spacial score (nSPS) is 11.1. The standard InChI is InChI=1S/C25H27N3O2S2/c1-3-30-24-22(17-32-25-27-20-8-4-5-9-21(20)28-25)26-15-14-23(24)31-16-6-7-18-10-12-19(29-2)13-11-18/h4-5,8-15H,3,6-7,16-17H2,1-2H3,(H,27,28). The number of imidazole rings is 1. The molecule has 166 valence electrons. The van der Waals surface area contributed by atoms with Crippen molar-refractivity contribution in [2.45, 2.75) is 35.6 Å². The number of nitrogens with zero attached hydrogens (tertiary/aromatic N) is 2. The number of H-pyrrole nitrogens is 1. The monoisotopic (exact) mass is 465 g/mol. The van der Waals surface area contributed by atoms with E-state index in [1.807, 2.05) is 61.3 Å². The number of aromatic amines is 1. The number of methoxy groups -OCH3 is 1. The zero-order valence-electron chi connectivity index (χ0n) is 18.3. The van der Waals surface area contributed by atoms with Gasteiger partial charge in [0.05, 0.1) is 35.3 Å². The summed E-state index contributed by atoms with van der Waals surface area (Å²) in [6, 6.07) is 18.4. The maximum atomic E-state index is 6.02. The summed E-state index contributed by atoms with van der Waals surface area (Å²) < 4.78 is 11.2. The highest BCUT2D eigenvalue weighted by Gasteiger charge is 2.13. The Morgan fingerprint density at radius 2 is 1.84 bits per heavy atom. The summed E-state index contributed by atoms with van der Waals surface area (Å²) in [5.74, 6) is 3.52. The van der Waals surface area contributed by atoms with Crippen molar-refractivity contribution in [1.82, 2.24) is 15.0 Å². The van der Waals surface area contributed by atoms with Crippen molar-refractivity contribution >= 4 is 34.6 Å². The summed E-state index contributed by atoms with van der Waals surface area (Å²) in [4.78, 5) is 13.8. The zero-order valence-corrected chi connectivity index (χ0v) is 20.0. The van der Waals surface area contributed by atoms with Crippen molar-refractivity contribution in [3.8, 4) is 11.5 Å². The van der Waals surface area contributed by atoms with Crippen molar-refractivity contribution in [2.75, 3.05) is 19.5 Å². The van der Waals surface area contributed by atoms with Crippen LogP contribution in [-0.4, -0.2) is 34.4 Å². The van der Waals surface area contributed by atoms with Gasteiger partial charge in [-0.3, -0.25) is 4.98 Å². The van der Waals surface area contributed by atoms with E-state index in [0.717, 1.165) is 56.9 Å². The van der Waals surface area contributed by atoms with Crippen molar-refractivity contribution < 1.29 is 9.47 Å². The van der Waals surface area contributed by atoms with E-state index in [4.69, 9.17) is 9.47 Å². The number of nitrogens with one attached hydrogen (secondary N) is 1. The fourth-order valence-corrected chi connectivity index (χ4v) is 5.17. The van der Waals surface area contributed by atoms with Gasteiger partial charge < -0.3 is 14.5 Å². The van der Waals surface area contributed by atoms with Gasteiger partial charge in [0, 0.05) is 11.9 Å². The molecule has 4 aromatic rings. The Labute approximate surface area is 197 Å². The number of ether oxygens (including phenoxy) is 2. The van der Waals surface area contributed by atoms with E-state index in [2.05, 4.69) is 33.2 Å². The SMILES string of the molecule is CCOc1c(SCCCc2ccc(OC)cc2)ccnc1CSc1nc2ccccc2[nH]1. The second-order valence-electron chi connectivity index (χ2n) is 7.17. The van der Waals surface area contributed by atoms with Crippen molar-refractivity contribution in [2.24, 2.45) is 0 Å². The number of aromatic nitrogens is 3. The Bertz CT molecular complexity index is 1110. The molecule has 5 nitrogen and oxygen atoms in total. The van der Waals surface area contributed by atoms with Gasteiger partial charge in [-0.1, -0.05) is 36.0 Å². The molecule has 0 spiro atoms. The van der Waals surface area contributed by atoms with Gasteiger partial charge in [-0.15, -0.1) is 11.8 Å². The average Bonchev–Trinajstić information content (AvgIpc) is 3.25. The highest BCUT2D eigenvalue weighted by Crippen LogP contribution is 2.35. The minimum atomic E-state index is 0.618. The van der Waals surface area contributed by atoms with E-state index in [1.54, 1.807) is 18.9 Å². The minimum absolute atomic E-state index is 0.618. The van der Waals surface area contributed by atoms with Crippen LogP contribution in [0.25, 0.3) is 11.0 Å². The van der Waals surface area contributed by atoms with Gasteiger partial charge in [-0.2, -0.15) is 0 Å². The zero-order chi connectivity index (χ0) is 22.2. The summed E-state index contributed by atoms with van der Waals surface area (Å²) in [7, 11) is 1.69. The molecule has 0 unspecified atom stereocenters. The molecule has 0 amide bonds. The Morgan fingerprint density at radius 3 is 2.62 bits per heavy atom. The molecule has 0 atom stereocenters.